The number of aromatic nitrogens is 1. The average Bonchev–Trinajstić information content (AvgIpc) is 2.70. The van der Waals surface area contributed by atoms with E-state index in [1.54, 1.807) is 11.8 Å². The van der Waals surface area contributed by atoms with Gasteiger partial charge in [0.05, 0.1) is 0 Å². The second-order valence-electron chi connectivity index (χ2n) is 2.99. The van der Waals surface area contributed by atoms with Crippen molar-refractivity contribution in [3.05, 3.63) is 23.9 Å². The molecule has 0 aliphatic carbocycles. The molecule has 0 spiro atoms. The van der Waals surface area contributed by atoms with Gasteiger partial charge in [0.25, 0.3) is 0 Å². The minimum atomic E-state index is 0.984. The normalized spacial score (nSPS) is 15.9. The summed E-state index contributed by atoms with van der Waals surface area (Å²) in [7, 11) is 0. The molecule has 68 valence electrons. The first-order valence-corrected chi connectivity index (χ1v) is 5.67. The predicted octanol–water partition coefficient (Wildman–Crippen LogP) is 2.39. The summed E-state index contributed by atoms with van der Waals surface area (Å²) in [6.07, 6.45) is 6.20. The lowest BCUT2D eigenvalue weighted by Crippen LogP contribution is -1.99. The van der Waals surface area contributed by atoms with Gasteiger partial charge in [0.1, 0.15) is 5.03 Å². The van der Waals surface area contributed by atoms with E-state index >= 15 is 0 Å². The predicted molar refractivity (Wildman–Crippen MR) is 56.7 cm³/mol. The fourth-order valence-corrected chi connectivity index (χ4v) is 2.10. The van der Waals surface area contributed by atoms with E-state index in [0.29, 0.717) is 0 Å². The second-order valence-corrected chi connectivity index (χ2v) is 3.79. The van der Waals surface area contributed by atoms with Crippen molar-refractivity contribution >= 4 is 17.5 Å². The van der Waals surface area contributed by atoms with E-state index in [9.17, 15) is 0 Å². The first kappa shape index (κ1) is 8.75. The largest absolute Gasteiger partial charge is 0.289 e. The van der Waals surface area contributed by atoms with Crippen molar-refractivity contribution in [1.82, 2.24) is 4.98 Å². The van der Waals surface area contributed by atoms with Gasteiger partial charge in [-0.2, -0.15) is 0 Å². The molecule has 0 unspecified atom stereocenters. The topological polar surface area (TPSA) is 25.2 Å². The molecule has 13 heavy (non-hydrogen) atoms. The molecule has 0 saturated heterocycles. The van der Waals surface area contributed by atoms with E-state index in [0.717, 1.165) is 18.0 Å². The van der Waals surface area contributed by atoms with E-state index in [4.69, 9.17) is 0 Å². The highest BCUT2D eigenvalue weighted by Crippen LogP contribution is 2.21. The lowest BCUT2D eigenvalue weighted by molar-refractivity contribution is 0.950. The van der Waals surface area contributed by atoms with E-state index < -0.39 is 0 Å². The summed E-state index contributed by atoms with van der Waals surface area (Å²) in [6.45, 7) is 0.984. The number of pyridine rings is 1. The molecule has 1 aliphatic rings. The van der Waals surface area contributed by atoms with Crippen LogP contribution in [-0.2, 0) is 0 Å². The highest BCUT2D eigenvalue weighted by molar-refractivity contribution is 7.98. The lowest BCUT2D eigenvalue weighted by Gasteiger charge is -2.04. The molecule has 0 N–H and O–H groups in total. The number of rotatable bonds is 2. The number of hydrogen-bond acceptors (Lipinski definition) is 3. The molecule has 1 aromatic heterocycles. The molecule has 2 heterocycles. The Morgan fingerprint density at radius 3 is 3.08 bits per heavy atom. The van der Waals surface area contributed by atoms with Crippen molar-refractivity contribution < 1.29 is 0 Å². The third-order valence-electron chi connectivity index (χ3n) is 2.15. The number of hydrogen-bond donors (Lipinski definition) is 0. The van der Waals surface area contributed by atoms with Gasteiger partial charge in [0.15, 0.2) is 0 Å². The minimum Gasteiger partial charge on any atom is -0.289 e. The zero-order valence-electron chi connectivity index (χ0n) is 7.66. The summed E-state index contributed by atoms with van der Waals surface area (Å²) in [6, 6.07) is 4.10. The maximum Gasteiger partial charge on any atom is 0.105 e. The van der Waals surface area contributed by atoms with Gasteiger partial charge in [-0.3, -0.25) is 4.99 Å². The summed E-state index contributed by atoms with van der Waals surface area (Å²) >= 11 is 1.69. The molecule has 0 bridgehead atoms. The van der Waals surface area contributed by atoms with E-state index in [-0.39, 0.29) is 0 Å². The third-order valence-corrected chi connectivity index (χ3v) is 2.86. The lowest BCUT2D eigenvalue weighted by atomic mass is 10.1. The van der Waals surface area contributed by atoms with Crippen molar-refractivity contribution in [2.24, 2.45) is 4.99 Å². The zero-order valence-corrected chi connectivity index (χ0v) is 8.47. The van der Waals surface area contributed by atoms with Gasteiger partial charge in [-0.05, 0) is 31.2 Å². The fraction of sp³-hybridized carbons (Fsp3) is 0.400. The van der Waals surface area contributed by atoms with Crippen LogP contribution in [-0.4, -0.2) is 23.5 Å². The second kappa shape index (κ2) is 3.92. The summed E-state index contributed by atoms with van der Waals surface area (Å²) in [5, 5.41) is 1.10. The van der Waals surface area contributed by atoms with Crippen LogP contribution in [0.15, 0.2) is 28.3 Å². The number of thioether (sulfide) groups is 1. The smallest absolute Gasteiger partial charge is 0.105 e. The van der Waals surface area contributed by atoms with E-state index in [1.807, 2.05) is 12.3 Å². The summed E-state index contributed by atoms with van der Waals surface area (Å²) < 4.78 is 0. The fourth-order valence-electron chi connectivity index (χ4n) is 1.53. The molecule has 0 amide bonds. The molecular weight excluding hydrogens is 180 g/mol. The highest BCUT2D eigenvalue weighted by Gasteiger charge is 2.12. The molecular formula is C10H12N2S. The Balaban J connectivity index is 2.38. The first-order valence-electron chi connectivity index (χ1n) is 4.44. The van der Waals surface area contributed by atoms with Crippen LogP contribution < -0.4 is 0 Å². The van der Waals surface area contributed by atoms with Crippen LogP contribution in [0.2, 0.25) is 0 Å². The van der Waals surface area contributed by atoms with Gasteiger partial charge >= 0.3 is 0 Å². The van der Waals surface area contributed by atoms with Crippen molar-refractivity contribution in [3.63, 3.8) is 0 Å². The van der Waals surface area contributed by atoms with Gasteiger partial charge < -0.3 is 0 Å². The molecule has 2 nitrogen and oxygen atoms in total. The van der Waals surface area contributed by atoms with Crippen LogP contribution in [0.1, 0.15) is 18.4 Å². The molecule has 3 heteroatoms. The van der Waals surface area contributed by atoms with Crippen LogP contribution >= 0.6 is 11.8 Å². The van der Waals surface area contributed by atoms with E-state index in [1.165, 1.54) is 17.7 Å². The number of nitrogens with zero attached hydrogens (tertiary/aromatic N) is 2. The molecule has 0 fully saturated rings. The standard InChI is InChI=1S/C10H12N2S/c1-13-10-8(4-2-7-12-10)9-5-3-6-11-9/h2,4,7H,3,5-6H2,1H3. The minimum absolute atomic E-state index is 0.984. The Morgan fingerprint density at radius 2 is 2.38 bits per heavy atom. The quantitative estimate of drug-likeness (QED) is 0.672. The Labute approximate surface area is 82.5 Å². The Hall–Kier alpha value is -0.830. The van der Waals surface area contributed by atoms with Gasteiger partial charge in [-0.1, -0.05) is 0 Å². The third kappa shape index (κ3) is 1.75. The van der Waals surface area contributed by atoms with Crippen molar-refractivity contribution in [2.75, 3.05) is 12.8 Å². The highest BCUT2D eigenvalue weighted by atomic mass is 32.2. The monoisotopic (exact) mass is 192 g/mol. The first-order chi connectivity index (χ1) is 6.42. The molecule has 0 atom stereocenters. The van der Waals surface area contributed by atoms with Gasteiger partial charge in [-0.25, -0.2) is 4.98 Å². The van der Waals surface area contributed by atoms with Gasteiger partial charge in [-0.15, -0.1) is 11.8 Å². The zero-order chi connectivity index (χ0) is 9.10. The maximum absolute atomic E-state index is 4.48. The molecule has 0 aromatic carbocycles. The Morgan fingerprint density at radius 1 is 1.46 bits per heavy atom. The molecule has 1 aliphatic heterocycles. The molecule has 0 radical (unpaired) electrons. The maximum atomic E-state index is 4.48. The van der Waals surface area contributed by atoms with E-state index in [2.05, 4.69) is 22.3 Å². The van der Waals surface area contributed by atoms with Crippen molar-refractivity contribution in [1.29, 1.82) is 0 Å². The summed E-state index contributed by atoms with van der Waals surface area (Å²) in [4.78, 5) is 8.80. The Kier molecular flexibility index (Phi) is 2.64. The van der Waals surface area contributed by atoms with Crippen LogP contribution in [0.25, 0.3) is 0 Å². The van der Waals surface area contributed by atoms with Crippen molar-refractivity contribution in [2.45, 2.75) is 17.9 Å². The van der Waals surface area contributed by atoms with Crippen LogP contribution in [0.5, 0.6) is 0 Å². The van der Waals surface area contributed by atoms with Crippen LogP contribution in [0, 0.1) is 0 Å². The number of aliphatic imine (C=N–C) groups is 1. The molecule has 0 saturated carbocycles. The Bertz CT molecular complexity index is 333. The summed E-state index contributed by atoms with van der Waals surface area (Å²) in [5.74, 6) is 0. The molecule has 2 rings (SSSR count). The van der Waals surface area contributed by atoms with Gasteiger partial charge in [0.2, 0.25) is 0 Å². The average molecular weight is 192 g/mol. The molecule has 1 aromatic rings. The van der Waals surface area contributed by atoms with Crippen LogP contribution in [0.4, 0.5) is 0 Å². The van der Waals surface area contributed by atoms with Crippen molar-refractivity contribution in [3.8, 4) is 0 Å². The SMILES string of the molecule is CSc1ncccc1C1=NCCC1. The summed E-state index contributed by atoms with van der Waals surface area (Å²) in [5.41, 5.74) is 2.46. The van der Waals surface area contributed by atoms with Crippen LogP contribution in [0.3, 0.4) is 0 Å². The van der Waals surface area contributed by atoms with Gasteiger partial charge in [0, 0.05) is 24.0 Å².